The third kappa shape index (κ3) is 3.72. The standard InChI is InChI=1S/C17H15F3N6O3S/c1-26-14-10(7-12(24-25-14)17(18,19)20)23-15(26)13-11(30(2,28)29)6-5-9(22-13)16(27)21-8-3-4-8/h5-8H,3-4H2,1-2H3,(H,21,27). The molecule has 0 saturated heterocycles. The normalized spacial score (nSPS) is 14.8. The number of amides is 1. The van der Waals surface area contributed by atoms with Gasteiger partial charge in [0.05, 0.1) is 4.90 Å². The van der Waals surface area contributed by atoms with Crippen molar-refractivity contribution in [3.8, 4) is 11.5 Å². The van der Waals surface area contributed by atoms with Crippen LogP contribution in [0.3, 0.4) is 0 Å². The summed E-state index contributed by atoms with van der Waals surface area (Å²) in [5.74, 6) is -0.531. The van der Waals surface area contributed by atoms with Crippen molar-refractivity contribution >= 4 is 26.9 Å². The van der Waals surface area contributed by atoms with E-state index in [1.807, 2.05) is 0 Å². The molecule has 3 aromatic rings. The number of nitrogens with zero attached hydrogens (tertiary/aromatic N) is 5. The third-order valence-electron chi connectivity index (χ3n) is 4.52. The minimum Gasteiger partial charge on any atom is -0.348 e. The first kappa shape index (κ1) is 20.2. The zero-order valence-corrected chi connectivity index (χ0v) is 16.5. The van der Waals surface area contributed by atoms with Gasteiger partial charge in [-0.1, -0.05) is 0 Å². The van der Waals surface area contributed by atoms with Gasteiger partial charge in [-0.2, -0.15) is 13.2 Å². The fraction of sp³-hybridized carbons (Fsp3) is 0.353. The molecule has 0 unspecified atom stereocenters. The van der Waals surface area contributed by atoms with Crippen LogP contribution < -0.4 is 5.32 Å². The summed E-state index contributed by atoms with van der Waals surface area (Å²) >= 11 is 0. The van der Waals surface area contributed by atoms with Gasteiger partial charge in [0.25, 0.3) is 5.91 Å². The molecule has 0 spiro atoms. The van der Waals surface area contributed by atoms with Gasteiger partial charge in [0.15, 0.2) is 27.0 Å². The lowest BCUT2D eigenvalue weighted by Crippen LogP contribution is -2.26. The van der Waals surface area contributed by atoms with Crippen molar-refractivity contribution in [3.63, 3.8) is 0 Å². The first-order valence-corrected chi connectivity index (χ1v) is 10.6. The van der Waals surface area contributed by atoms with Crippen LogP contribution in [0.15, 0.2) is 23.1 Å². The highest BCUT2D eigenvalue weighted by molar-refractivity contribution is 7.90. The number of aromatic nitrogens is 5. The highest BCUT2D eigenvalue weighted by Gasteiger charge is 2.34. The van der Waals surface area contributed by atoms with E-state index in [0.717, 1.165) is 25.2 Å². The maximum absolute atomic E-state index is 12.9. The predicted octanol–water partition coefficient (Wildman–Crippen LogP) is 1.74. The quantitative estimate of drug-likeness (QED) is 0.656. The highest BCUT2D eigenvalue weighted by Crippen LogP contribution is 2.31. The number of imidazole rings is 1. The van der Waals surface area contributed by atoms with E-state index in [0.29, 0.717) is 0 Å². The number of rotatable bonds is 4. The Morgan fingerprint density at radius 1 is 1.20 bits per heavy atom. The summed E-state index contributed by atoms with van der Waals surface area (Å²) in [6, 6.07) is 3.28. The summed E-state index contributed by atoms with van der Waals surface area (Å²) in [5, 5.41) is 9.48. The van der Waals surface area contributed by atoms with Crippen LogP contribution in [-0.2, 0) is 23.1 Å². The Bertz CT molecular complexity index is 1280. The lowest BCUT2D eigenvalue weighted by Gasteiger charge is -2.10. The molecule has 13 heteroatoms. The first-order valence-electron chi connectivity index (χ1n) is 8.75. The van der Waals surface area contributed by atoms with E-state index in [1.165, 1.54) is 23.7 Å². The van der Waals surface area contributed by atoms with E-state index in [-0.39, 0.29) is 39.3 Å². The second kappa shape index (κ2) is 6.72. The van der Waals surface area contributed by atoms with Crippen molar-refractivity contribution in [2.24, 2.45) is 7.05 Å². The molecule has 1 saturated carbocycles. The summed E-state index contributed by atoms with van der Waals surface area (Å²) in [4.78, 5) is 20.4. The Morgan fingerprint density at radius 3 is 2.50 bits per heavy atom. The molecule has 1 fully saturated rings. The number of hydrogen-bond acceptors (Lipinski definition) is 7. The Kier molecular flexibility index (Phi) is 4.52. The maximum Gasteiger partial charge on any atom is 0.435 e. The molecular formula is C17H15F3N6O3S. The Labute approximate surface area is 168 Å². The van der Waals surface area contributed by atoms with Gasteiger partial charge in [0.1, 0.15) is 16.9 Å². The fourth-order valence-corrected chi connectivity index (χ4v) is 3.66. The van der Waals surface area contributed by atoms with Crippen LogP contribution in [0.5, 0.6) is 0 Å². The first-order chi connectivity index (χ1) is 13.9. The molecule has 0 radical (unpaired) electrons. The van der Waals surface area contributed by atoms with E-state index in [1.54, 1.807) is 0 Å². The zero-order valence-electron chi connectivity index (χ0n) is 15.7. The van der Waals surface area contributed by atoms with Gasteiger partial charge in [-0.25, -0.2) is 18.4 Å². The lowest BCUT2D eigenvalue weighted by atomic mass is 10.2. The molecule has 9 nitrogen and oxygen atoms in total. The van der Waals surface area contributed by atoms with Crippen molar-refractivity contribution in [2.75, 3.05) is 6.26 Å². The molecule has 4 rings (SSSR count). The Morgan fingerprint density at radius 2 is 1.90 bits per heavy atom. The Balaban J connectivity index is 1.89. The molecule has 3 heterocycles. The van der Waals surface area contributed by atoms with Crippen LogP contribution in [0.4, 0.5) is 13.2 Å². The molecule has 30 heavy (non-hydrogen) atoms. The molecule has 1 N–H and O–H groups in total. The van der Waals surface area contributed by atoms with Crippen LogP contribution in [-0.4, -0.2) is 51.4 Å². The molecular weight excluding hydrogens is 425 g/mol. The van der Waals surface area contributed by atoms with Crippen molar-refractivity contribution < 1.29 is 26.4 Å². The lowest BCUT2D eigenvalue weighted by molar-refractivity contribution is -0.141. The van der Waals surface area contributed by atoms with Gasteiger partial charge >= 0.3 is 6.18 Å². The number of sulfone groups is 1. The minimum absolute atomic E-state index is 0.00656. The number of carbonyl (C=O) groups is 1. The van der Waals surface area contributed by atoms with Crippen molar-refractivity contribution in [1.82, 2.24) is 30.0 Å². The smallest absolute Gasteiger partial charge is 0.348 e. The van der Waals surface area contributed by atoms with Gasteiger partial charge in [-0.05, 0) is 25.0 Å². The molecule has 0 aliphatic heterocycles. The molecule has 0 bridgehead atoms. The number of aryl methyl sites for hydroxylation is 1. The average Bonchev–Trinajstić information content (AvgIpc) is 3.41. The van der Waals surface area contributed by atoms with Gasteiger partial charge in [-0.15, -0.1) is 10.2 Å². The number of nitrogens with one attached hydrogen (secondary N) is 1. The number of hydrogen-bond donors (Lipinski definition) is 1. The topological polar surface area (TPSA) is 120 Å². The van der Waals surface area contributed by atoms with E-state index in [9.17, 15) is 26.4 Å². The van der Waals surface area contributed by atoms with Gasteiger partial charge in [0, 0.05) is 25.4 Å². The van der Waals surface area contributed by atoms with E-state index in [2.05, 4.69) is 25.5 Å². The van der Waals surface area contributed by atoms with Crippen LogP contribution in [0.2, 0.25) is 0 Å². The van der Waals surface area contributed by atoms with E-state index in [4.69, 9.17) is 0 Å². The van der Waals surface area contributed by atoms with Gasteiger partial charge in [0.2, 0.25) is 0 Å². The second-order valence-electron chi connectivity index (χ2n) is 6.99. The number of carbonyl (C=O) groups excluding carboxylic acids is 1. The summed E-state index contributed by atoms with van der Waals surface area (Å²) in [6.45, 7) is 0. The Hall–Kier alpha value is -3.09. The van der Waals surface area contributed by atoms with Crippen LogP contribution >= 0.6 is 0 Å². The van der Waals surface area contributed by atoms with Crippen molar-refractivity contribution in [1.29, 1.82) is 0 Å². The molecule has 3 aromatic heterocycles. The van der Waals surface area contributed by atoms with Crippen molar-refractivity contribution in [3.05, 3.63) is 29.6 Å². The van der Waals surface area contributed by atoms with Gasteiger partial charge in [-0.3, -0.25) is 4.79 Å². The summed E-state index contributed by atoms with van der Waals surface area (Å²) in [7, 11) is -2.34. The third-order valence-corrected chi connectivity index (χ3v) is 5.65. The molecule has 1 aliphatic carbocycles. The second-order valence-corrected chi connectivity index (χ2v) is 8.98. The molecule has 1 amide bonds. The molecule has 0 atom stereocenters. The summed E-state index contributed by atoms with van der Waals surface area (Å²) in [6.07, 6.45) is -2.05. The number of halogens is 3. The van der Waals surface area contributed by atoms with Crippen molar-refractivity contribution in [2.45, 2.75) is 30.0 Å². The molecule has 0 aromatic carbocycles. The number of fused-ring (bicyclic) bond motifs is 1. The average molecular weight is 440 g/mol. The zero-order chi connectivity index (χ0) is 21.8. The van der Waals surface area contributed by atoms with Crippen LogP contribution in [0.25, 0.3) is 22.7 Å². The van der Waals surface area contributed by atoms with Gasteiger partial charge < -0.3 is 9.88 Å². The monoisotopic (exact) mass is 440 g/mol. The SMILES string of the molecule is Cn1c(-c2nc(C(=O)NC3CC3)ccc2S(C)(=O)=O)nc2cc(C(F)(F)F)nnc21. The minimum atomic E-state index is -4.71. The highest BCUT2D eigenvalue weighted by atomic mass is 32.2. The predicted molar refractivity (Wildman–Crippen MR) is 98.1 cm³/mol. The number of pyridine rings is 1. The van der Waals surface area contributed by atoms with Crippen LogP contribution in [0.1, 0.15) is 29.0 Å². The fourth-order valence-electron chi connectivity index (χ4n) is 2.86. The van der Waals surface area contributed by atoms with E-state index < -0.39 is 27.6 Å². The van der Waals surface area contributed by atoms with E-state index >= 15 is 0 Å². The number of alkyl halides is 3. The summed E-state index contributed by atoms with van der Waals surface area (Å²) in [5.41, 5.74) is -1.54. The summed E-state index contributed by atoms with van der Waals surface area (Å²) < 4.78 is 64.6. The molecule has 1 aliphatic rings. The van der Waals surface area contributed by atoms with Crippen LogP contribution in [0, 0.1) is 0 Å². The largest absolute Gasteiger partial charge is 0.435 e. The molecule has 158 valence electrons. The maximum atomic E-state index is 12.9.